The summed E-state index contributed by atoms with van der Waals surface area (Å²) in [6.07, 6.45) is 6.33. The Morgan fingerprint density at radius 2 is 1.95 bits per heavy atom. The van der Waals surface area contributed by atoms with Gasteiger partial charge in [-0.25, -0.2) is 0 Å². The molecule has 0 fully saturated rings. The van der Waals surface area contributed by atoms with Gasteiger partial charge in [-0.05, 0) is 55.8 Å². The number of hydrogen-bond donors (Lipinski definition) is 2. The van der Waals surface area contributed by atoms with E-state index in [0.717, 1.165) is 19.5 Å². The fraction of sp³-hybridized carbons (Fsp3) is 0.625. The first-order valence-corrected chi connectivity index (χ1v) is 7.44. The molecular formula is C16H27N3. The molecule has 1 unspecified atom stereocenters. The summed E-state index contributed by atoms with van der Waals surface area (Å²) in [7, 11) is 2.12. The molecule has 0 saturated heterocycles. The number of nitrogens with zero attached hydrogens (tertiary/aromatic N) is 1. The zero-order chi connectivity index (χ0) is 13.7. The highest BCUT2D eigenvalue weighted by atomic mass is 15.1. The van der Waals surface area contributed by atoms with Gasteiger partial charge in [-0.2, -0.15) is 0 Å². The fourth-order valence-electron chi connectivity index (χ4n) is 2.83. The minimum Gasteiger partial charge on any atom is -0.329 e. The van der Waals surface area contributed by atoms with Gasteiger partial charge in [0, 0.05) is 25.7 Å². The molecule has 2 rings (SSSR count). The predicted octanol–water partition coefficient (Wildman–Crippen LogP) is 1.33. The van der Waals surface area contributed by atoms with E-state index in [1.54, 1.807) is 11.1 Å². The van der Waals surface area contributed by atoms with E-state index in [4.69, 9.17) is 11.5 Å². The van der Waals surface area contributed by atoms with E-state index < -0.39 is 0 Å². The molecule has 1 aliphatic rings. The van der Waals surface area contributed by atoms with E-state index in [9.17, 15) is 0 Å². The topological polar surface area (TPSA) is 55.3 Å². The summed E-state index contributed by atoms with van der Waals surface area (Å²) < 4.78 is 0. The highest BCUT2D eigenvalue weighted by Crippen LogP contribution is 2.22. The standard InChI is InChI=1S/C16H27N3/c1-19(12-16(18)11-17)9-8-13-6-7-14-4-2-3-5-15(14)10-13/h6-7,10,16H,2-5,8-9,11-12,17-18H2,1H3. The second-order valence-corrected chi connectivity index (χ2v) is 5.82. The molecule has 1 aromatic carbocycles. The van der Waals surface area contributed by atoms with Crippen LogP contribution in [0.2, 0.25) is 0 Å². The lowest BCUT2D eigenvalue weighted by molar-refractivity contribution is 0.316. The van der Waals surface area contributed by atoms with Crippen LogP contribution in [0, 0.1) is 0 Å². The van der Waals surface area contributed by atoms with Crippen molar-refractivity contribution in [3.05, 3.63) is 34.9 Å². The lowest BCUT2D eigenvalue weighted by atomic mass is 9.90. The third-order valence-corrected chi connectivity index (χ3v) is 4.04. The number of likely N-dealkylation sites (N-methyl/N-ethyl adjacent to an activating group) is 1. The molecule has 0 radical (unpaired) electrons. The lowest BCUT2D eigenvalue weighted by Gasteiger charge is -2.21. The van der Waals surface area contributed by atoms with Crippen LogP contribution in [0.5, 0.6) is 0 Å². The monoisotopic (exact) mass is 261 g/mol. The van der Waals surface area contributed by atoms with E-state index in [1.807, 2.05) is 0 Å². The van der Waals surface area contributed by atoms with Gasteiger partial charge in [-0.3, -0.25) is 0 Å². The van der Waals surface area contributed by atoms with Crippen LogP contribution in [-0.2, 0) is 19.3 Å². The van der Waals surface area contributed by atoms with Crippen molar-refractivity contribution < 1.29 is 0 Å². The van der Waals surface area contributed by atoms with Gasteiger partial charge in [0.2, 0.25) is 0 Å². The third-order valence-electron chi connectivity index (χ3n) is 4.04. The molecule has 106 valence electrons. The second-order valence-electron chi connectivity index (χ2n) is 5.82. The summed E-state index contributed by atoms with van der Waals surface area (Å²) in [4.78, 5) is 2.27. The Morgan fingerprint density at radius 3 is 2.68 bits per heavy atom. The molecule has 1 atom stereocenters. The first-order valence-electron chi connectivity index (χ1n) is 7.44. The van der Waals surface area contributed by atoms with Crippen LogP contribution in [0.3, 0.4) is 0 Å². The van der Waals surface area contributed by atoms with Crippen molar-refractivity contribution in [3.8, 4) is 0 Å². The number of nitrogens with two attached hydrogens (primary N) is 2. The average molecular weight is 261 g/mol. The molecule has 0 amide bonds. The van der Waals surface area contributed by atoms with Crippen molar-refractivity contribution in [1.29, 1.82) is 0 Å². The molecule has 0 aliphatic heterocycles. The normalized spacial score (nSPS) is 16.4. The molecule has 1 aromatic rings. The molecule has 0 spiro atoms. The minimum absolute atomic E-state index is 0.0912. The van der Waals surface area contributed by atoms with Crippen LogP contribution in [-0.4, -0.2) is 37.6 Å². The van der Waals surface area contributed by atoms with Crippen LogP contribution in [0.15, 0.2) is 18.2 Å². The Balaban J connectivity index is 1.86. The molecule has 0 heterocycles. The Bertz CT molecular complexity index is 403. The van der Waals surface area contributed by atoms with Crippen LogP contribution >= 0.6 is 0 Å². The van der Waals surface area contributed by atoms with Crippen molar-refractivity contribution in [2.75, 3.05) is 26.7 Å². The Hall–Kier alpha value is -0.900. The average Bonchev–Trinajstić information content (AvgIpc) is 2.44. The molecule has 0 aromatic heterocycles. The number of hydrogen-bond acceptors (Lipinski definition) is 3. The van der Waals surface area contributed by atoms with Gasteiger partial charge in [0.05, 0.1) is 0 Å². The van der Waals surface area contributed by atoms with Crippen molar-refractivity contribution in [2.45, 2.75) is 38.1 Å². The van der Waals surface area contributed by atoms with Gasteiger partial charge in [0.25, 0.3) is 0 Å². The van der Waals surface area contributed by atoms with Crippen LogP contribution in [0.25, 0.3) is 0 Å². The molecule has 0 saturated carbocycles. The van der Waals surface area contributed by atoms with Gasteiger partial charge in [0.15, 0.2) is 0 Å². The van der Waals surface area contributed by atoms with Crippen LogP contribution in [0.1, 0.15) is 29.5 Å². The summed E-state index contributed by atoms with van der Waals surface area (Å²) >= 11 is 0. The molecular weight excluding hydrogens is 234 g/mol. The summed E-state index contributed by atoms with van der Waals surface area (Å²) in [5.74, 6) is 0. The molecule has 1 aliphatic carbocycles. The Kier molecular flexibility index (Phi) is 5.37. The summed E-state index contributed by atoms with van der Waals surface area (Å²) in [6, 6.07) is 7.12. The maximum absolute atomic E-state index is 5.87. The summed E-state index contributed by atoms with van der Waals surface area (Å²) in [6.45, 7) is 2.48. The number of aryl methyl sites for hydroxylation is 2. The molecule has 3 heteroatoms. The van der Waals surface area contributed by atoms with Crippen molar-refractivity contribution in [1.82, 2.24) is 4.90 Å². The maximum Gasteiger partial charge on any atom is 0.0292 e. The smallest absolute Gasteiger partial charge is 0.0292 e. The van der Waals surface area contributed by atoms with Gasteiger partial charge in [0.1, 0.15) is 0 Å². The predicted molar refractivity (Wildman–Crippen MR) is 81.3 cm³/mol. The van der Waals surface area contributed by atoms with Gasteiger partial charge in [-0.1, -0.05) is 18.2 Å². The zero-order valence-corrected chi connectivity index (χ0v) is 12.1. The second kappa shape index (κ2) is 7.04. The highest BCUT2D eigenvalue weighted by Gasteiger charge is 2.10. The third kappa shape index (κ3) is 4.30. The van der Waals surface area contributed by atoms with E-state index in [-0.39, 0.29) is 6.04 Å². The molecule has 3 nitrogen and oxygen atoms in total. The summed E-state index contributed by atoms with van der Waals surface area (Å²) in [5, 5.41) is 0. The molecule has 0 bridgehead atoms. The van der Waals surface area contributed by atoms with Gasteiger partial charge >= 0.3 is 0 Å². The van der Waals surface area contributed by atoms with E-state index in [1.165, 1.54) is 31.2 Å². The SMILES string of the molecule is CN(CCc1ccc2c(c1)CCCC2)CC(N)CN. The van der Waals surface area contributed by atoms with Crippen molar-refractivity contribution >= 4 is 0 Å². The Morgan fingerprint density at radius 1 is 1.21 bits per heavy atom. The minimum atomic E-state index is 0.0912. The van der Waals surface area contributed by atoms with Gasteiger partial charge in [-0.15, -0.1) is 0 Å². The maximum atomic E-state index is 5.87. The van der Waals surface area contributed by atoms with Crippen LogP contribution in [0.4, 0.5) is 0 Å². The highest BCUT2D eigenvalue weighted by molar-refractivity contribution is 5.33. The first kappa shape index (κ1) is 14.5. The number of fused-ring (bicyclic) bond motifs is 1. The van der Waals surface area contributed by atoms with Gasteiger partial charge < -0.3 is 16.4 Å². The molecule has 4 N–H and O–H groups in total. The van der Waals surface area contributed by atoms with Crippen molar-refractivity contribution in [2.24, 2.45) is 11.5 Å². The fourth-order valence-corrected chi connectivity index (χ4v) is 2.83. The quantitative estimate of drug-likeness (QED) is 0.812. The number of rotatable bonds is 6. The lowest BCUT2D eigenvalue weighted by Crippen LogP contribution is -2.41. The largest absolute Gasteiger partial charge is 0.329 e. The number of benzene rings is 1. The van der Waals surface area contributed by atoms with E-state index in [2.05, 4.69) is 30.1 Å². The molecule has 19 heavy (non-hydrogen) atoms. The van der Waals surface area contributed by atoms with Crippen molar-refractivity contribution in [3.63, 3.8) is 0 Å². The first-order chi connectivity index (χ1) is 9.19. The van der Waals surface area contributed by atoms with E-state index >= 15 is 0 Å². The summed E-state index contributed by atoms with van der Waals surface area (Å²) in [5.41, 5.74) is 16.0. The zero-order valence-electron chi connectivity index (χ0n) is 12.1. The van der Waals surface area contributed by atoms with Crippen LogP contribution < -0.4 is 11.5 Å². The van der Waals surface area contributed by atoms with E-state index in [0.29, 0.717) is 6.54 Å². The Labute approximate surface area is 117 Å².